The van der Waals surface area contributed by atoms with Crippen LogP contribution in [0.25, 0.3) is 0 Å². The second kappa shape index (κ2) is 4.55. The summed E-state index contributed by atoms with van der Waals surface area (Å²) in [6, 6.07) is 1.67. The van der Waals surface area contributed by atoms with Crippen LogP contribution in [0.3, 0.4) is 0 Å². The number of hydrogen-bond donors (Lipinski definition) is 2. The third kappa shape index (κ3) is 2.95. The lowest BCUT2D eigenvalue weighted by molar-refractivity contribution is 0.0963. The maximum atomic E-state index is 11.3. The number of carbonyl (C=O) groups is 1. The fourth-order valence-corrected chi connectivity index (χ4v) is 1.83. The van der Waals surface area contributed by atoms with Crippen molar-refractivity contribution in [1.29, 1.82) is 0 Å². The topological polar surface area (TPSA) is 55.1 Å². The molecular weight excluding hydrogens is 228 g/mol. The Morgan fingerprint density at radius 1 is 1.77 bits per heavy atom. The van der Waals surface area contributed by atoms with Gasteiger partial charge in [0, 0.05) is 0 Å². The second-order valence-corrected chi connectivity index (χ2v) is 4.09. The number of thiocarbonyl (C=S) groups is 1. The molecule has 0 bridgehead atoms. The summed E-state index contributed by atoms with van der Waals surface area (Å²) >= 11 is 11.6. The van der Waals surface area contributed by atoms with Crippen LogP contribution in [0.1, 0.15) is 9.67 Å². The standard InChI is InChI=1S/C7H7ClN2OS2/c8-4-1-2-13-6(4)7(11)10-3-5(9)12/h1-2H,3H2,(H2,9,12)(H,10,11). The number of nitrogens with one attached hydrogen (secondary N) is 1. The first-order valence-corrected chi connectivity index (χ1v) is 5.07. The average Bonchev–Trinajstić information content (AvgIpc) is 2.47. The van der Waals surface area contributed by atoms with E-state index >= 15 is 0 Å². The molecule has 3 nitrogen and oxygen atoms in total. The molecule has 0 aliphatic heterocycles. The van der Waals surface area contributed by atoms with Gasteiger partial charge < -0.3 is 11.1 Å². The number of amides is 1. The highest BCUT2D eigenvalue weighted by Crippen LogP contribution is 2.21. The molecular formula is C7H7ClN2OS2. The molecule has 1 amide bonds. The van der Waals surface area contributed by atoms with Crippen molar-refractivity contribution in [3.63, 3.8) is 0 Å². The number of halogens is 1. The third-order valence-electron chi connectivity index (χ3n) is 1.25. The average molecular weight is 235 g/mol. The molecule has 0 saturated carbocycles. The second-order valence-electron chi connectivity index (χ2n) is 2.25. The van der Waals surface area contributed by atoms with Crippen molar-refractivity contribution in [3.05, 3.63) is 21.3 Å². The molecule has 13 heavy (non-hydrogen) atoms. The zero-order valence-corrected chi connectivity index (χ0v) is 8.93. The minimum Gasteiger partial charge on any atom is -0.392 e. The number of rotatable bonds is 3. The molecule has 70 valence electrons. The predicted molar refractivity (Wildman–Crippen MR) is 58.4 cm³/mol. The van der Waals surface area contributed by atoms with Crippen LogP contribution in [0.5, 0.6) is 0 Å². The molecule has 0 atom stereocenters. The van der Waals surface area contributed by atoms with Crippen LogP contribution >= 0.6 is 35.2 Å². The monoisotopic (exact) mass is 234 g/mol. The van der Waals surface area contributed by atoms with E-state index < -0.39 is 0 Å². The van der Waals surface area contributed by atoms with Crippen LogP contribution in [0.2, 0.25) is 5.02 Å². The van der Waals surface area contributed by atoms with Gasteiger partial charge in [0.15, 0.2) is 0 Å². The van der Waals surface area contributed by atoms with Gasteiger partial charge in [-0.1, -0.05) is 23.8 Å². The number of nitrogens with two attached hydrogens (primary N) is 1. The minimum absolute atomic E-state index is 0.197. The van der Waals surface area contributed by atoms with Crippen molar-refractivity contribution in [2.45, 2.75) is 0 Å². The van der Waals surface area contributed by atoms with E-state index in [9.17, 15) is 4.79 Å². The summed E-state index contributed by atoms with van der Waals surface area (Å²) < 4.78 is 0. The van der Waals surface area contributed by atoms with Gasteiger partial charge in [-0.3, -0.25) is 4.79 Å². The molecule has 1 rings (SSSR count). The lowest BCUT2D eigenvalue weighted by atomic mass is 10.4. The Bertz CT molecular complexity index is 337. The van der Waals surface area contributed by atoms with Crippen LogP contribution in [0, 0.1) is 0 Å². The van der Waals surface area contributed by atoms with Crippen molar-refractivity contribution >= 4 is 46.1 Å². The minimum atomic E-state index is -0.243. The van der Waals surface area contributed by atoms with Crippen LogP contribution < -0.4 is 11.1 Å². The van der Waals surface area contributed by atoms with E-state index in [0.29, 0.717) is 9.90 Å². The van der Waals surface area contributed by atoms with Gasteiger partial charge in [-0.15, -0.1) is 11.3 Å². The summed E-state index contributed by atoms with van der Waals surface area (Å²) in [6.45, 7) is 0.197. The Balaban J connectivity index is 2.59. The number of carbonyl (C=O) groups excluding carboxylic acids is 1. The van der Waals surface area contributed by atoms with Crippen molar-refractivity contribution in [2.24, 2.45) is 5.73 Å². The van der Waals surface area contributed by atoms with Crippen molar-refractivity contribution in [2.75, 3.05) is 6.54 Å². The SMILES string of the molecule is NC(=S)CNC(=O)c1sccc1Cl. The molecule has 1 aromatic rings. The summed E-state index contributed by atoms with van der Waals surface area (Å²) in [6.07, 6.45) is 0. The largest absolute Gasteiger partial charge is 0.392 e. The Hall–Kier alpha value is -0.650. The Morgan fingerprint density at radius 2 is 2.46 bits per heavy atom. The van der Waals surface area contributed by atoms with Crippen molar-refractivity contribution < 1.29 is 4.79 Å². The van der Waals surface area contributed by atoms with Gasteiger partial charge in [0.1, 0.15) is 4.88 Å². The van der Waals surface area contributed by atoms with E-state index in [4.69, 9.17) is 17.3 Å². The van der Waals surface area contributed by atoms with Crippen LogP contribution in [-0.4, -0.2) is 17.4 Å². The first-order chi connectivity index (χ1) is 6.11. The van der Waals surface area contributed by atoms with E-state index in [1.54, 1.807) is 11.4 Å². The molecule has 3 N–H and O–H groups in total. The van der Waals surface area contributed by atoms with E-state index in [1.165, 1.54) is 11.3 Å². The summed E-state index contributed by atoms with van der Waals surface area (Å²) in [5, 5.41) is 4.74. The molecule has 1 heterocycles. The van der Waals surface area contributed by atoms with Gasteiger partial charge in [0.25, 0.3) is 5.91 Å². The normalized spacial score (nSPS) is 9.62. The van der Waals surface area contributed by atoms with Gasteiger partial charge in [-0.25, -0.2) is 0 Å². The zero-order chi connectivity index (χ0) is 9.84. The Kier molecular flexibility index (Phi) is 3.65. The molecule has 0 saturated heterocycles. The fraction of sp³-hybridized carbons (Fsp3) is 0.143. The van der Waals surface area contributed by atoms with Crippen molar-refractivity contribution in [3.8, 4) is 0 Å². The van der Waals surface area contributed by atoms with Crippen LogP contribution in [-0.2, 0) is 0 Å². The van der Waals surface area contributed by atoms with Crippen molar-refractivity contribution in [1.82, 2.24) is 5.32 Å². The lowest BCUT2D eigenvalue weighted by Gasteiger charge is -2.01. The molecule has 0 aliphatic rings. The summed E-state index contributed by atoms with van der Waals surface area (Å²) in [7, 11) is 0. The van der Waals surface area contributed by atoms with E-state index in [0.717, 1.165) is 0 Å². The molecule has 0 aromatic carbocycles. The Morgan fingerprint density at radius 3 is 2.92 bits per heavy atom. The quantitative estimate of drug-likeness (QED) is 0.778. The van der Waals surface area contributed by atoms with E-state index in [2.05, 4.69) is 17.5 Å². The van der Waals surface area contributed by atoms with Gasteiger partial charge in [0.2, 0.25) is 0 Å². The smallest absolute Gasteiger partial charge is 0.263 e. The van der Waals surface area contributed by atoms with Crippen LogP contribution in [0.4, 0.5) is 0 Å². The molecule has 0 spiro atoms. The molecule has 0 unspecified atom stereocenters. The van der Waals surface area contributed by atoms with Gasteiger partial charge in [-0.05, 0) is 11.4 Å². The summed E-state index contributed by atoms with van der Waals surface area (Å²) in [5.41, 5.74) is 5.22. The summed E-state index contributed by atoms with van der Waals surface area (Å²) in [4.78, 5) is 12.1. The first-order valence-electron chi connectivity index (χ1n) is 3.40. The third-order valence-corrected chi connectivity index (χ3v) is 2.73. The predicted octanol–water partition coefficient (Wildman–Crippen LogP) is 1.42. The Labute approximate surface area is 89.9 Å². The first kappa shape index (κ1) is 10.4. The lowest BCUT2D eigenvalue weighted by Crippen LogP contribution is -2.31. The van der Waals surface area contributed by atoms with Gasteiger partial charge >= 0.3 is 0 Å². The summed E-state index contributed by atoms with van der Waals surface area (Å²) in [5.74, 6) is -0.243. The molecule has 6 heteroatoms. The molecule has 1 aromatic heterocycles. The maximum absolute atomic E-state index is 11.3. The van der Waals surface area contributed by atoms with E-state index in [-0.39, 0.29) is 17.4 Å². The molecule has 0 aliphatic carbocycles. The van der Waals surface area contributed by atoms with E-state index in [1.807, 2.05) is 0 Å². The van der Waals surface area contributed by atoms with Gasteiger partial charge in [0.05, 0.1) is 16.6 Å². The number of hydrogen-bond acceptors (Lipinski definition) is 3. The maximum Gasteiger partial charge on any atom is 0.263 e. The fourth-order valence-electron chi connectivity index (χ4n) is 0.703. The molecule has 0 radical (unpaired) electrons. The van der Waals surface area contributed by atoms with Crippen LogP contribution in [0.15, 0.2) is 11.4 Å². The number of thiophene rings is 1. The molecule has 0 fully saturated rings. The highest BCUT2D eigenvalue weighted by atomic mass is 35.5. The highest BCUT2D eigenvalue weighted by molar-refractivity contribution is 7.80. The zero-order valence-electron chi connectivity index (χ0n) is 6.54. The van der Waals surface area contributed by atoms with Gasteiger partial charge in [-0.2, -0.15) is 0 Å². The highest BCUT2D eigenvalue weighted by Gasteiger charge is 2.10.